The fraction of sp³-hybridized carbons (Fsp3) is 0.700. The maximum Gasteiger partial charge on any atom is 0.0587 e. The number of aromatic nitrogens is 2. The minimum absolute atomic E-state index is 0.473. The van der Waals surface area contributed by atoms with Crippen molar-refractivity contribution < 1.29 is 4.74 Å². The van der Waals surface area contributed by atoms with Crippen LogP contribution >= 0.6 is 15.9 Å². The lowest BCUT2D eigenvalue weighted by Gasteiger charge is -2.07. The summed E-state index contributed by atoms with van der Waals surface area (Å²) in [6.07, 6.45) is 5.23. The van der Waals surface area contributed by atoms with E-state index in [0.29, 0.717) is 4.83 Å². The molecule has 4 heteroatoms. The molecule has 0 saturated carbocycles. The Hall–Kier alpha value is -0.350. The van der Waals surface area contributed by atoms with Gasteiger partial charge in [0, 0.05) is 30.9 Å². The minimum Gasteiger partial charge on any atom is -0.384 e. The van der Waals surface area contributed by atoms with Crippen molar-refractivity contribution in [3.63, 3.8) is 0 Å². The average molecular weight is 261 g/mol. The first-order valence-electron chi connectivity index (χ1n) is 4.84. The van der Waals surface area contributed by atoms with Gasteiger partial charge in [-0.15, -0.1) is 0 Å². The highest BCUT2D eigenvalue weighted by atomic mass is 79.9. The lowest BCUT2D eigenvalue weighted by Crippen LogP contribution is -2.07. The summed E-state index contributed by atoms with van der Waals surface area (Å²) in [7, 11) is 3.71. The average Bonchev–Trinajstić information content (AvgIpc) is 2.52. The molecule has 1 rings (SSSR count). The Kier molecular flexibility index (Phi) is 5.19. The number of hydrogen-bond donors (Lipinski definition) is 0. The van der Waals surface area contributed by atoms with Crippen molar-refractivity contribution in [2.24, 2.45) is 7.05 Å². The molecule has 1 heterocycles. The van der Waals surface area contributed by atoms with Crippen molar-refractivity contribution in [2.45, 2.75) is 24.1 Å². The summed E-state index contributed by atoms with van der Waals surface area (Å²) in [5.74, 6) is 0. The van der Waals surface area contributed by atoms with Crippen LogP contribution in [0.15, 0.2) is 12.3 Å². The summed E-state index contributed by atoms with van der Waals surface area (Å²) in [5.41, 5.74) is 1.29. The standard InChI is InChI=1S/C10H17BrN2O/c1-13-10(6-7-12-13)5-3-4-9(11)8-14-2/h6-7,9H,3-5,8H2,1-2H3. The summed E-state index contributed by atoms with van der Waals surface area (Å²) in [6.45, 7) is 0.783. The number of hydrogen-bond acceptors (Lipinski definition) is 2. The quantitative estimate of drug-likeness (QED) is 0.734. The topological polar surface area (TPSA) is 27.1 Å². The molecule has 0 saturated heterocycles. The fourth-order valence-electron chi connectivity index (χ4n) is 1.42. The molecule has 0 radical (unpaired) electrons. The molecule has 1 unspecified atom stereocenters. The zero-order valence-electron chi connectivity index (χ0n) is 8.74. The van der Waals surface area contributed by atoms with Crippen LogP contribution in [0.5, 0.6) is 0 Å². The van der Waals surface area contributed by atoms with E-state index in [1.807, 2.05) is 17.9 Å². The number of nitrogens with zero attached hydrogens (tertiary/aromatic N) is 2. The van der Waals surface area contributed by atoms with Gasteiger partial charge in [0.15, 0.2) is 0 Å². The number of alkyl halides is 1. The van der Waals surface area contributed by atoms with E-state index in [2.05, 4.69) is 27.1 Å². The lowest BCUT2D eigenvalue weighted by molar-refractivity contribution is 0.198. The maximum atomic E-state index is 5.05. The van der Waals surface area contributed by atoms with Crippen LogP contribution in [0.4, 0.5) is 0 Å². The van der Waals surface area contributed by atoms with E-state index in [9.17, 15) is 0 Å². The molecule has 80 valence electrons. The van der Waals surface area contributed by atoms with Gasteiger partial charge in [0.05, 0.1) is 6.61 Å². The number of ether oxygens (including phenoxy) is 1. The third-order valence-corrected chi connectivity index (χ3v) is 2.94. The Labute approximate surface area is 93.6 Å². The van der Waals surface area contributed by atoms with Crippen molar-refractivity contribution in [3.05, 3.63) is 18.0 Å². The third kappa shape index (κ3) is 3.80. The van der Waals surface area contributed by atoms with Gasteiger partial charge in [-0.05, 0) is 25.3 Å². The van der Waals surface area contributed by atoms with Crippen molar-refractivity contribution in [3.8, 4) is 0 Å². The van der Waals surface area contributed by atoms with Gasteiger partial charge < -0.3 is 4.74 Å². The van der Waals surface area contributed by atoms with Gasteiger partial charge in [0.1, 0.15) is 0 Å². The molecule has 0 amide bonds. The second-order valence-corrected chi connectivity index (χ2v) is 4.69. The van der Waals surface area contributed by atoms with Gasteiger partial charge in [-0.25, -0.2) is 0 Å². The van der Waals surface area contributed by atoms with Gasteiger partial charge in [0.25, 0.3) is 0 Å². The molecule has 1 aromatic heterocycles. The molecule has 14 heavy (non-hydrogen) atoms. The van der Waals surface area contributed by atoms with E-state index in [1.165, 1.54) is 12.1 Å². The first-order valence-corrected chi connectivity index (χ1v) is 5.75. The van der Waals surface area contributed by atoms with Gasteiger partial charge in [-0.2, -0.15) is 5.10 Å². The Morgan fingerprint density at radius 3 is 3.00 bits per heavy atom. The number of aryl methyl sites for hydroxylation is 2. The minimum atomic E-state index is 0.473. The Morgan fingerprint density at radius 2 is 2.43 bits per heavy atom. The fourth-order valence-corrected chi connectivity index (χ4v) is 2.00. The van der Waals surface area contributed by atoms with E-state index < -0.39 is 0 Å². The highest BCUT2D eigenvalue weighted by Crippen LogP contribution is 2.11. The van der Waals surface area contributed by atoms with Crippen LogP contribution < -0.4 is 0 Å². The molecule has 0 aromatic carbocycles. The van der Waals surface area contributed by atoms with Gasteiger partial charge in [0.2, 0.25) is 0 Å². The summed E-state index contributed by atoms with van der Waals surface area (Å²) in [4.78, 5) is 0.473. The molecular formula is C10H17BrN2O. The first kappa shape index (κ1) is 11.7. The van der Waals surface area contributed by atoms with Gasteiger partial charge >= 0.3 is 0 Å². The smallest absolute Gasteiger partial charge is 0.0587 e. The molecule has 0 N–H and O–H groups in total. The van der Waals surface area contributed by atoms with Crippen molar-refractivity contribution in [1.82, 2.24) is 9.78 Å². The van der Waals surface area contributed by atoms with Gasteiger partial charge in [-0.1, -0.05) is 15.9 Å². The Morgan fingerprint density at radius 1 is 1.64 bits per heavy atom. The third-order valence-electron chi connectivity index (χ3n) is 2.22. The molecule has 0 aliphatic carbocycles. The number of methoxy groups -OCH3 is 1. The van der Waals surface area contributed by atoms with Crippen molar-refractivity contribution in [1.29, 1.82) is 0 Å². The molecule has 0 spiro atoms. The van der Waals surface area contributed by atoms with Crippen LogP contribution in [0.2, 0.25) is 0 Å². The molecular weight excluding hydrogens is 244 g/mol. The Bertz CT molecular complexity index is 262. The molecule has 0 aliphatic rings. The predicted molar refractivity (Wildman–Crippen MR) is 60.7 cm³/mol. The highest BCUT2D eigenvalue weighted by molar-refractivity contribution is 9.09. The zero-order valence-corrected chi connectivity index (χ0v) is 10.3. The monoisotopic (exact) mass is 260 g/mol. The summed E-state index contributed by atoms with van der Waals surface area (Å²) >= 11 is 3.57. The second-order valence-electron chi connectivity index (χ2n) is 3.39. The van der Waals surface area contributed by atoms with Gasteiger partial charge in [-0.3, -0.25) is 4.68 Å². The number of halogens is 1. The zero-order chi connectivity index (χ0) is 10.4. The van der Waals surface area contributed by atoms with Crippen LogP contribution in [-0.4, -0.2) is 28.3 Å². The van der Waals surface area contributed by atoms with E-state index in [1.54, 1.807) is 7.11 Å². The van der Waals surface area contributed by atoms with Crippen LogP contribution in [0.3, 0.4) is 0 Å². The largest absolute Gasteiger partial charge is 0.384 e. The van der Waals surface area contributed by atoms with E-state index in [4.69, 9.17) is 4.74 Å². The summed E-state index contributed by atoms with van der Waals surface area (Å²) in [6, 6.07) is 2.07. The molecule has 0 fully saturated rings. The molecule has 1 atom stereocenters. The van der Waals surface area contributed by atoms with E-state index >= 15 is 0 Å². The number of rotatable bonds is 6. The van der Waals surface area contributed by atoms with E-state index in [0.717, 1.165) is 19.4 Å². The maximum absolute atomic E-state index is 5.05. The summed E-state index contributed by atoms with van der Waals surface area (Å²) < 4.78 is 6.98. The second kappa shape index (κ2) is 6.19. The molecule has 0 bridgehead atoms. The summed E-state index contributed by atoms with van der Waals surface area (Å²) in [5, 5.41) is 4.13. The molecule has 3 nitrogen and oxygen atoms in total. The lowest BCUT2D eigenvalue weighted by atomic mass is 10.1. The van der Waals surface area contributed by atoms with Crippen molar-refractivity contribution in [2.75, 3.05) is 13.7 Å². The van der Waals surface area contributed by atoms with Crippen LogP contribution in [-0.2, 0) is 18.2 Å². The predicted octanol–water partition coefficient (Wildman–Crippen LogP) is 2.15. The van der Waals surface area contributed by atoms with Crippen LogP contribution in [0, 0.1) is 0 Å². The normalized spacial score (nSPS) is 13.1. The van der Waals surface area contributed by atoms with Crippen LogP contribution in [0.25, 0.3) is 0 Å². The van der Waals surface area contributed by atoms with Crippen LogP contribution in [0.1, 0.15) is 18.5 Å². The highest BCUT2D eigenvalue weighted by Gasteiger charge is 2.04. The van der Waals surface area contributed by atoms with E-state index in [-0.39, 0.29) is 0 Å². The SMILES string of the molecule is COCC(Br)CCCc1ccnn1C. The molecule has 1 aromatic rings. The first-order chi connectivity index (χ1) is 6.74. The van der Waals surface area contributed by atoms with Crippen molar-refractivity contribution >= 4 is 15.9 Å². The molecule has 0 aliphatic heterocycles. The Balaban J connectivity index is 2.19.